The van der Waals surface area contributed by atoms with Crippen LogP contribution < -0.4 is 0 Å². The highest BCUT2D eigenvalue weighted by molar-refractivity contribution is 7.97. The Morgan fingerprint density at radius 2 is 2.04 bits per heavy atom. The number of amides is 1. The van der Waals surface area contributed by atoms with E-state index in [1.165, 1.54) is 23.3 Å². The second kappa shape index (κ2) is 7.81. The van der Waals surface area contributed by atoms with Gasteiger partial charge in [-0.2, -0.15) is 13.2 Å². The Labute approximate surface area is 143 Å². The topological polar surface area (TPSA) is 32.7 Å². The molecule has 23 heavy (non-hydrogen) atoms. The molecule has 1 fully saturated rings. The molecule has 0 radical (unpaired) electrons. The van der Waals surface area contributed by atoms with Crippen LogP contribution in [-0.4, -0.2) is 34.4 Å². The quantitative estimate of drug-likeness (QED) is 0.413. The Kier molecular flexibility index (Phi) is 6.28. The standard InChI is InChI=1S/C14H16F3N2OPS2/c1-9(18-21-10(2)14(15,16)17)11-5-6-12(23-11)13(20)19-7-3-4-8-22-19/h5-6,21H,2-4,7-8H2,1H3/b18-9+. The molecular formula is C14H16F3N2OPS2. The highest BCUT2D eigenvalue weighted by Crippen LogP contribution is 2.38. The predicted molar refractivity (Wildman–Crippen MR) is 92.8 cm³/mol. The molecule has 1 amide bonds. The number of allylic oxidation sites excluding steroid dienone is 1. The van der Waals surface area contributed by atoms with E-state index in [4.69, 9.17) is 0 Å². The first-order valence-corrected chi connectivity index (χ1v) is 9.61. The lowest BCUT2D eigenvalue weighted by molar-refractivity contribution is -0.0836. The zero-order valence-electron chi connectivity index (χ0n) is 12.4. The molecule has 1 aromatic heterocycles. The van der Waals surface area contributed by atoms with E-state index in [1.54, 1.807) is 23.4 Å². The SMILES string of the molecule is C=C(P/N=C(\C)c1ccc(C(=O)N2CCCCS2)s1)C(F)(F)F. The minimum absolute atomic E-state index is 0.0408. The lowest BCUT2D eigenvalue weighted by Crippen LogP contribution is -2.28. The zero-order chi connectivity index (χ0) is 17.0. The highest BCUT2D eigenvalue weighted by Gasteiger charge is 2.31. The smallest absolute Gasteiger partial charge is 0.282 e. The molecule has 9 heteroatoms. The second-order valence-corrected chi connectivity index (χ2v) is 8.14. The van der Waals surface area contributed by atoms with Crippen LogP contribution in [0, 0.1) is 0 Å². The average molecular weight is 380 g/mol. The summed E-state index contributed by atoms with van der Waals surface area (Å²) in [6.07, 6.45) is -2.30. The molecule has 0 N–H and O–H groups in total. The fourth-order valence-corrected chi connectivity index (χ4v) is 4.41. The highest BCUT2D eigenvalue weighted by atomic mass is 32.2. The van der Waals surface area contributed by atoms with Gasteiger partial charge in [0.05, 0.1) is 15.9 Å². The van der Waals surface area contributed by atoms with Gasteiger partial charge in [-0.25, -0.2) is 0 Å². The number of carbonyl (C=O) groups is 1. The molecule has 3 nitrogen and oxygen atoms in total. The molecule has 126 valence electrons. The molecule has 1 aromatic rings. The van der Waals surface area contributed by atoms with Crippen LogP contribution in [-0.2, 0) is 0 Å². The largest absolute Gasteiger partial charge is 0.417 e. The minimum atomic E-state index is -4.41. The van der Waals surface area contributed by atoms with Gasteiger partial charge in [0.15, 0.2) is 0 Å². The average Bonchev–Trinajstić information content (AvgIpc) is 3.01. The molecule has 2 rings (SSSR count). The summed E-state index contributed by atoms with van der Waals surface area (Å²) in [5, 5.41) is -0.852. The van der Waals surface area contributed by atoms with Gasteiger partial charge in [-0.1, -0.05) is 6.58 Å². The Bertz CT molecular complexity index is 622. The van der Waals surface area contributed by atoms with Crippen LogP contribution in [0.25, 0.3) is 0 Å². The van der Waals surface area contributed by atoms with Crippen LogP contribution in [0.2, 0.25) is 0 Å². The van der Waals surface area contributed by atoms with Crippen molar-refractivity contribution in [3.05, 3.63) is 33.8 Å². The number of hydrogen-bond acceptors (Lipinski definition) is 4. The second-order valence-electron chi connectivity index (χ2n) is 4.90. The molecule has 1 aliphatic heterocycles. The van der Waals surface area contributed by atoms with E-state index in [2.05, 4.69) is 11.3 Å². The van der Waals surface area contributed by atoms with Gasteiger partial charge in [0.1, 0.15) is 0 Å². The first kappa shape index (κ1) is 18.5. The van der Waals surface area contributed by atoms with E-state index < -0.39 is 20.2 Å². The van der Waals surface area contributed by atoms with Crippen LogP contribution in [0.4, 0.5) is 13.2 Å². The maximum atomic E-state index is 12.4. The molecule has 0 saturated carbocycles. The van der Waals surface area contributed by atoms with Crippen molar-refractivity contribution >= 4 is 43.6 Å². The van der Waals surface area contributed by atoms with Crippen molar-refractivity contribution in [2.45, 2.75) is 25.9 Å². The number of halogens is 3. The summed E-state index contributed by atoms with van der Waals surface area (Å²) >= 11 is 2.79. The summed E-state index contributed by atoms with van der Waals surface area (Å²) in [7, 11) is -0.753. The van der Waals surface area contributed by atoms with Crippen molar-refractivity contribution in [3.8, 4) is 0 Å². The van der Waals surface area contributed by atoms with Crippen LogP contribution in [0.3, 0.4) is 0 Å². The summed E-state index contributed by atoms with van der Waals surface area (Å²) in [6, 6.07) is 3.43. The van der Waals surface area contributed by atoms with E-state index in [-0.39, 0.29) is 5.91 Å². The molecule has 0 bridgehead atoms. The molecule has 0 aromatic carbocycles. The van der Waals surface area contributed by atoms with Gasteiger partial charge in [-0.05, 0) is 43.8 Å². The number of rotatable bonds is 4. The summed E-state index contributed by atoms with van der Waals surface area (Å²) in [6.45, 7) is 5.38. The van der Waals surface area contributed by atoms with Gasteiger partial charge < -0.3 is 0 Å². The fraction of sp³-hybridized carbons (Fsp3) is 0.429. The monoisotopic (exact) mass is 380 g/mol. The third-order valence-electron chi connectivity index (χ3n) is 3.10. The normalized spacial score (nSPS) is 17.0. The van der Waals surface area contributed by atoms with E-state index in [9.17, 15) is 18.0 Å². The van der Waals surface area contributed by atoms with Gasteiger partial charge in [0, 0.05) is 25.9 Å². The molecule has 1 saturated heterocycles. The number of hydrogen-bond donors (Lipinski definition) is 0. The third-order valence-corrected chi connectivity index (χ3v) is 6.42. The predicted octanol–water partition coefficient (Wildman–Crippen LogP) is 5.11. The summed E-state index contributed by atoms with van der Waals surface area (Å²) in [5.74, 6) is 0.895. The minimum Gasteiger partial charge on any atom is -0.282 e. The summed E-state index contributed by atoms with van der Waals surface area (Å²) in [5.41, 5.74) is 0.490. The van der Waals surface area contributed by atoms with E-state index in [0.29, 0.717) is 15.5 Å². The van der Waals surface area contributed by atoms with Gasteiger partial charge >= 0.3 is 6.18 Å². The molecule has 1 atom stereocenters. The van der Waals surface area contributed by atoms with Crippen LogP contribution in [0.15, 0.2) is 28.8 Å². The lowest BCUT2D eigenvalue weighted by Gasteiger charge is -2.24. The van der Waals surface area contributed by atoms with Crippen LogP contribution in [0.5, 0.6) is 0 Å². The van der Waals surface area contributed by atoms with Crippen molar-refractivity contribution in [3.63, 3.8) is 0 Å². The number of nitrogens with zero attached hydrogens (tertiary/aromatic N) is 2. The first-order valence-electron chi connectivity index (χ1n) is 6.90. The molecule has 0 spiro atoms. The Balaban J connectivity index is 2.03. The lowest BCUT2D eigenvalue weighted by atomic mass is 10.3. The Hall–Kier alpha value is -0.850. The zero-order valence-corrected chi connectivity index (χ0v) is 15.1. The van der Waals surface area contributed by atoms with E-state index in [0.717, 1.165) is 25.1 Å². The number of carbonyl (C=O) groups excluding carboxylic acids is 1. The third kappa shape index (κ3) is 5.06. The van der Waals surface area contributed by atoms with Crippen molar-refractivity contribution in [2.75, 3.05) is 12.3 Å². The van der Waals surface area contributed by atoms with Gasteiger partial charge in [-0.3, -0.25) is 13.9 Å². The molecular weight excluding hydrogens is 364 g/mol. The van der Waals surface area contributed by atoms with Crippen molar-refractivity contribution in [1.82, 2.24) is 4.31 Å². The fourth-order valence-electron chi connectivity index (χ4n) is 1.80. The number of alkyl halides is 3. The van der Waals surface area contributed by atoms with E-state index in [1.807, 2.05) is 0 Å². The molecule has 2 heterocycles. The van der Waals surface area contributed by atoms with Crippen molar-refractivity contribution in [1.29, 1.82) is 0 Å². The Morgan fingerprint density at radius 3 is 2.65 bits per heavy atom. The van der Waals surface area contributed by atoms with Gasteiger partial charge in [0.25, 0.3) is 5.91 Å². The maximum Gasteiger partial charge on any atom is 0.417 e. The molecule has 1 aliphatic rings. The molecule has 0 aliphatic carbocycles. The summed E-state index contributed by atoms with van der Waals surface area (Å²) < 4.78 is 42.9. The first-order chi connectivity index (χ1) is 10.8. The summed E-state index contributed by atoms with van der Waals surface area (Å²) in [4.78, 5) is 13.6. The van der Waals surface area contributed by atoms with Gasteiger partial charge in [-0.15, -0.1) is 11.3 Å². The molecule has 1 unspecified atom stereocenters. The van der Waals surface area contributed by atoms with Crippen LogP contribution >= 0.6 is 32.0 Å². The van der Waals surface area contributed by atoms with Crippen molar-refractivity contribution < 1.29 is 18.0 Å². The van der Waals surface area contributed by atoms with E-state index >= 15 is 0 Å². The Morgan fingerprint density at radius 1 is 1.35 bits per heavy atom. The van der Waals surface area contributed by atoms with Crippen molar-refractivity contribution in [2.24, 2.45) is 4.76 Å². The maximum absolute atomic E-state index is 12.4. The van der Waals surface area contributed by atoms with Gasteiger partial charge in [0.2, 0.25) is 0 Å². The number of thiophene rings is 1. The van der Waals surface area contributed by atoms with Crippen LogP contribution in [0.1, 0.15) is 34.3 Å².